The average molecular weight is 679 g/mol. The van der Waals surface area contributed by atoms with Gasteiger partial charge in [-0.15, -0.1) is 0 Å². The first-order valence-electron chi connectivity index (χ1n) is 17.7. The lowest BCUT2D eigenvalue weighted by atomic mass is 9.97. The Balaban J connectivity index is 1.03. The molecule has 0 N–H and O–H groups in total. The summed E-state index contributed by atoms with van der Waals surface area (Å²) < 4.78 is 2.35. The first-order valence-corrected chi connectivity index (χ1v) is 17.7. The number of benzene rings is 7. The third-order valence-corrected chi connectivity index (χ3v) is 9.80. The summed E-state index contributed by atoms with van der Waals surface area (Å²) in [4.78, 5) is 14.5. The van der Waals surface area contributed by atoms with Crippen molar-refractivity contribution in [3.8, 4) is 50.7 Å². The molecule has 4 nitrogen and oxygen atoms in total. The molecule has 2 heterocycles. The van der Waals surface area contributed by atoms with Crippen LogP contribution in [0.1, 0.15) is 5.82 Å². The molecule has 7 aromatic carbocycles. The topological polar surface area (TPSA) is 43.6 Å². The molecule has 0 radical (unpaired) electrons. The number of nitrogens with zero attached hydrogens (tertiary/aromatic N) is 4. The molecule has 0 spiro atoms. The van der Waals surface area contributed by atoms with Crippen molar-refractivity contribution in [1.82, 2.24) is 19.5 Å². The molecule has 9 rings (SSSR count). The molecule has 0 aliphatic rings. The van der Waals surface area contributed by atoms with E-state index in [4.69, 9.17) is 15.0 Å². The predicted octanol–water partition coefficient (Wildman–Crippen LogP) is 12.5. The summed E-state index contributed by atoms with van der Waals surface area (Å²) in [5.41, 5.74) is 10.8. The van der Waals surface area contributed by atoms with Gasteiger partial charge in [-0.25, -0.2) is 15.0 Å². The van der Waals surface area contributed by atoms with Crippen molar-refractivity contribution in [1.29, 1.82) is 0 Å². The van der Waals surface area contributed by atoms with Gasteiger partial charge in [0, 0.05) is 33.2 Å². The fourth-order valence-electron chi connectivity index (χ4n) is 7.13. The molecule has 2 aromatic heterocycles. The van der Waals surface area contributed by atoms with Gasteiger partial charge in [-0.2, -0.15) is 0 Å². The molecular weight excluding hydrogens is 645 g/mol. The second-order valence-corrected chi connectivity index (χ2v) is 13.0. The van der Waals surface area contributed by atoms with Gasteiger partial charge in [-0.05, 0) is 69.4 Å². The summed E-state index contributed by atoms with van der Waals surface area (Å²) in [5, 5.41) is 4.93. The van der Waals surface area contributed by atoms with E-state index < -0.39 is 0 Å². The van der Waals surface area contributed by atoms with Crippen LogP contribution in [0.15, 0.2) is 195 Å². The second-order valence-electron chi connectivity index (χ2n) is 13.0. The van der Waals surface area contributed by atoms with Crippen LogP contribution >= 0.6 is 0 Å². The van der Waals surface area contributed by atoms with E-state index in [0.717, 1.165) is 33.5 Å². The van der Waals surface area contributed by atoms with Gasteiger partial charge in [-0.1, -0.05) is 159 Å². The first-order chi connectivity index (χ1) is 26.2. The minimum Gasteiger partial charge on any atom is -0.309 e. The molecule has 0 amide bonds. The first kappa shape index (κ1) is 31.8. The summed E-state index contributed by atoms with van der Waals surface area (Å²) in [7, 11) is 0. The second kappa shape index (κ2) is 13.5. The van der Waals surface area contributed by atoms with Crippen molar-refractivity contribution in [3.63, 3.8) is 0 Å². The number of hydrogen-bond donors (Lipinski definition) is 0. The molecule has 0 aliphatic heterocycles. The molecule has 0 fully saturated rings. The molecule has 0 unspecified atom stereocenters. The van der Waals surface area contributed by atoms with E-state index in [2.05, 4.69) is 151 Å². The molecule has 0 atom stereocenters. The summed E-state index contributed by atoms with van der Waals surface area (Å²) in [5.74, 6) is 1.77. The molecule has 0 saturated heterocycles. The zero-order valence-electron chi connectivity index (χ0n) is 29.0. The Morgan fingerprint density at radius 3 is 1.51 bits per heavy atom. The summed E-state index contributed by atoms with van der Waals surface area (Å²) in [6, 6.07) is 57.9. The lowest BCUT2D eigenvalue weighted by molar-refractivity contribution is 1.04. The van der Waals surface area contributed by atoms with E-state index in [1.54, 1.807) is 12.2 Å². The molecule has 0 bridgehead atoms. The monoisotopic (exact) mass is 678 g/mol. The van der Waals surface area contributed by atoms with Crippen molar-refractivity contribution in [3.05, 3.63) is 201 Å². The number of rotatable bonds is 8. The van der Waals surface area contributed by atoms with Crippen molar-refractivity contribution in [2.24, 2.45) is 0 Å². The minimum absolute atomic E-state index is 0.555. The van der Waals surface area contributed by atoms with Gasteiger partial charge < -0.3 is 4.57 Å². The Labute approximate surface area is 308 Å². The highest BCUT2D eigenvalue weighted by Crippen LogP contribution is 2.34. The van der Waals surface area contributed by atoms with Crippen LogP contribution in [-0.2, 0) is 0 Å². The van der Waals surface area contributed by atoms with Crippen LogP contribution < -0.4 is 0 Å². The normalized spacial score (nSPS) is 11.7. The van der Waals surface area contributed by atoms with Crippen LogP contribution in [0, 0.1) is 0 Å². The Morgan fingerprint density at radius 1 is 0.453 bits per heavy atom. The van der Waals surface area contributed by atoms with E-state index in [1.165, 1.54) is 43.7 Å². The molecule has 4 heteroatoms. The van der Waals surface area contributed by atoms with Gasteiger partial charge in [0.1, 0.15) is 0 Å². The van der Waals surface area contributed by atoms with Crippen molar-refractivity contribution >= 4 is 38.2 Å². The molecule has 250 valence electrons. The molecule has 9 aromatic rings. The van der Waals surface area contributed by atoms with Crippen LogP contribution in [-0.4, -0.2) is 19.5 Å². The highest BCUT2D eigenvalue weighted by Gasteiger charge is 2.14. The third-order valence-electron chi connectivity index (χ3n) is 9.80. The van der Waals surface area contributed by atoms with Gasteiger partial charge in [0.2, 0.25) is 0 Å². The van der Waals surface area contributed by atoms with Crippen LogP contribution in [0.2, 0.25) is 0 Å². The van der Waals surface area contributed by atoms with Crippen molar-refractivity contribution in [2.45, 2.75) is 0 Å². The number of allylic oxidation sites excluding steroid dienone is 4. The van der Waals surface area contributed by atoms with Gasteiger partial charge in [-0.3, -0.25) is 0 Å². The number of fused-ring (bicyclic) bond motifs is 4. The molecule has 0 saturated carbocycles. The fourth-order valence-corrected chi connectivity index (χ4v) is 7.13. The van der Waals surface area contributed by atoms with Gasteiger partial charge in [0.15, 0.2) is 17.5 Å². The van der Waals surface area contributed by atoms with E-state index in [-0.39, 0.29) is 0 Å². The average Bonchev–Trinajstić information content (AvgIpc) is 3.57. The van der Waals surface area contributed by atoms with Crippen LogP contribution in [0.25, 0.3) is 88.9 Å². The Morgan fingerprint density at radius 2 is 0.943 bits per heavy atom. The lowest BCUT2D eigenvalue weighted by Gasteiger charge is -2.11. The highest BCUT2D eigenvalue weighted by atomic mass is 15.0. The lowest BCUT2D eigenvalue weighted by Crippen LogP contribution is -2.02. The van der Waals surface area contributed by atoms with E-state index >= 15 is 0 Å². The number of aromatic nitrogens is 4. The van der Waals surface area contributed by atoms with Crippen molar-refractivity contribution in [2.75, 3.05) is 0 Å². The molecular formula is C49H34N4. The number of para-hydroxylation sites is 2. The zero-order chi connectivity index (χ0) is 35.7. The standard InChI is InChI=1S/C49H34N4/c1-3-12-33(4-2)47-50-48(37-13-6-5-7-14-37)52-49(51-47)38-23-19-34(20-24-38)39-25-21-36-22-26-40(32-41(36)31-39)35-27-29-42(30-28-35)53-45-17-10-8-15-43(45)44-16-9-11-18-46(44)53/h3-32H,1-2H2/b33-12+. The summed E-state index contributed by atoms with van der Waals surface area (Å²) >= 11 is 0. The van der Waals surface area contributed by atoms with Gasteiger partial charge >= 0.3 is 0 Å². The Hall–Kier alpha value is -7.17. The molecule has 0 aliphatic carbocycles. The minimum atomic E-state index is 0.555. The quantitative estimate of drug-likeness (QED) is 0.150. The Kier molecular flexibility index (Phi) is 8.10. The largest absolute Gasteiger partial charge is 0.309 e. The number of hydrogen-bond acceptors (Lipinski definition) is 3. The highest BCUT2D eigenvalue weighted by molar-refractivity contribution is 6.09. The van der Waals surface area contributed by atoms with Gasteiger partial charge in [0.25, 0.3) is 0 Å². The van der Waals surface area contributed by atoms with E-state index in [9.17, 15) is 0 Å². The van der Waals surface area contributed by atoms with Crippen LogP contribution in [0.4, 0.5) is 0 Å². The summed E-state index contributed by atoms with van der Waals surface area (Å²) in [6.45, 7) is 7.81. The van der Waals surface area contributed by atoms with Crippen LogP contribution in [0.3, 0.4) is 0 Å². The maximum absolute atomic E-state index is 4.87. The SMILES string of the molecule is C=C/C=C(\C=C)c1nc(-c2ccccc2)nc(-c2ccc(-c3ccc4ccc(-c5ccc(-n6c7ccccc7c7ccccc76)cc5)cc4c3)cc2)n1. The summed E-state index contributed by atoms with van der Waals surface area (Å²) in [6.07, 6.45) is 5.32. The maximum Gasteiger partial charge on any atom is 0.164 e. The predicted molar refractivity (Wildman–Crippen MR) is 222 cm³/mol. The van der Waals surface area contributed by atoms with Crippen LogP contribution in [0.5, 0.6) is 0 Å². The third kappa shape index (κ3) is 5.92. The zero-order valence-corrected chi connectivity index (χ0v) is 29.0. The Bertz CT molecular complexity index is 2790. The molecule has 53 heavy (non-hydrogen) atoms. The van der Waals surface area contributed by atoms with Gasteiger partial charge in [0.05, 0.1) is 11.0 Å². The maximum atomic E-state index is 4.87. The smallest absolute Gasteiger partial charge is 0.164 e. The van der Waals surface area contributed by atoms with E-state index in [0.29, 0.717) is 17.5 Å². The van der Waals surface area contributed by atoms with Crippen molar-refractivity contribution < 1.29 is 0 Å². The van der Waals surface area contributed by atoms with E-state index in [1.807, 2.05) is 36.4 Å². The fraction of sp³-hybridized carbons (Fsp3) is 0.